The number of nitrogens with one attached hydrogen (secondary N) is 2. The topological polar surface area (TPSA) is 98.7 Å². The van der Waals surface area contributed by atoms with E-state index in [1.165, 1.54) is 18.2 Å². The highest BCUT2D eigenvalue weighted by Crippen LogP contribution is 2.24. The van der Waals surface area contributed by atoms with Gasteiger partial charge in [0.15, 0.2) is 0 Å². The average Bonchev–Trinajstić information content (AvgIpc) is 2.43. The molecule has 2 rings (SSSR count). The summed E-state index contributed by atoms with van der Waals surface area (Å²) in [6, 6.07) is 3.76. The average molecular weight is 292 g/mol. The molecule has 0 unspecified atom stereocenters. The number of carbonyl (C=O) groups is 2. The fourth-order valence-corrected chi connectivity index (χ4v) is 2.54. The van der Waals surface area contributed by atoms with Crippen molar-refractivity contribution in [1.82, 2.24) is 5.32 Å². The number of hydrogen-bond acceptors (Lipinski definition) is 3. The van der Waals surface area contributed by atoms with Crippen LogP contribution in [0.15, 0.2) is 18.2 Å². The van der Waals surface area contributed by atoms with E-state index in [2.05, 4.69) is 17.6 Å². The number of phenols is 1. The lowest BCUT2D eigenvalue weighted by Gasteiger charge is -2.26. The van der Waals surface area contributed by atoms with Crippen molar-refractivity contribution >= 4 is 17.7 Å². The zero-order chi connectivity index (χ0) is 15.4. The van der Waals surface area contributed by atoms with Gasteiger partial charge in [-0.2, -0.15) is 0 Å². The van der Waals surface area contributed by atoms with Crippen LogP contribution in [0.2, 0.25) is 0 Å². The van der Waals surface area contributed by atoms with Crippen LogP contribution in [0.5, 0.6) is 5.75 Å². The zero-order valence-corrected chi connectivity index (χ0v) is 11.9. The molecule has 4 N–H and O–H groups in total. The number of hydrogen-bond donors (Lipinski definition) is 4. The molecule has 21 heavy (non-hydrogen) atoms. The number of aromatic hydroxyl groups is 1. The zero-order valence-electron chi connectivity index (χ0n) is 11.9. The second-order valence-electron chi connectivity index (χ2n) is 5.59. The van der Waals surface area contributed by atoms with E-state index in [0.717, 1.165) is 25.7 Å². The van der Waals surface area contributed by atoms with E-state index in [-0.39, 0.29) is 23.4 Å². The van der Waals surface area contributed by atoms with Gasteiger partial charge in [0.2, 0.25) is 0 Å². The molecular weight excluding hydrogens is 272 g/mol. The molecule has 114 valence electrons. The second-order valence-corrected chi connectivity index (χ2v) is 5.59. The minimum atomic E-state index is -1.24. The van der Waals surface area contributed by atoms with Gasteiger partial charge in [0, 0.05) is 11.7 Å². The summed E-state index contributed by atoms with van der Waals surface area (Å²) < 4.78 is 0. The highest BCUT2D eigenvalue weighted by Gasteiger charge is 2.20. The lowest BCUT2D eigenvalue weighted by Crippen LogP contribution is -2.39. The first kappa shape index (κ1) is 15.2. The van der Waals surface area contributed by atoms with Gasteiger partial charge in [-0.25, -0.2) is 9.59 Å². The number of carbonyl (C=O) groups excluding carboxylic acids is 1. The van der Waals surface area contributed by atoms with Crippen LogP contribution in [0, 0.1) is 5.92 Å². The minimum Gasteiger partial charge on any atom is -0.507 e. The van der Waals surface area contributed by atoms with Crippen LogP contribution in [0.3, 0.4) is 0 Å². The summed E-state index contributed by atoms with van der Waals surface area (Å²) in [5.74, 6) is -0.853. The molecule has 0 radical (unpaired) electrons. The minimum absolute atomic E-state index is 0.164. The molecule has 0 saturated heterocycles. The van der Waals surface area contributed by atoms with Gasteiger partial charge in [-0.3, -0.25) is 0 Å². The van der Waals surface area contributed by atoms with Gasteiger partial charge in [0.05, 0.1) is 0 Å². The lowest BCUT2D eigenvalue weighted by atomic mass is 9.87. The summed E-state index contributed by atoms with van der Waals surface area (Å²) in [6.07, 6.45) is 4.13. The molecule has 0 bridgehead atoms. The summed E-state index contributed by atoms with van der Waals surface area (Å²) in [6.45, 7) is 2.21. The second kappa shape index (κ2) is 6.47. The quantitative estimate of drug-likeness (QED) is 0.644. The van der Waals surface area contributed by atoms with Crippen molar-refractivity contribution in [3.63, 3.8) is 0 Å². The van der Waals surface area contributed by atoms with Crippen molar-refractivity contribution in [2.45, 2.75) is 38.6 Å². The number of urea groups is 1. The number of aromatic carboxylic acids is 1. The Hall–Kier alpha value is -2.24. The summed E-state index contributed by atoms with van der Waals surface area (Å²) in [7, 11) is 0. The summed E-state index contributed by atoms with van der Waals surface area (Å²) in [5, 5.41) is 23.8. The Morgan fingerprint density at radius 3 is 2.48 bits per heavy atom. The van der Waals surface area contributed by atoms with Gasteiger partial charge in [-0.15, -0.1) is 0 Å². The number of carboxylic acid groups (broad SMARTS) is 1. The van der Waals surface area contributed by atoms with Crippen molar-refractivity contribution in [3.8, 4) is 5.75 Å². The smallest absolute Gasteiger partial charge is 0.339 e. The summed E-state index contributed by atoms with van der Waals surface area (Å²) >= 11 is 0. The SMILES string of the molecule is CC1CCC(NC(=O)Nc2ccc(O)c(C(=O)O)c2)CC1. The third-order valence-electron chi connectivity index (χ3n) is 3.84. The Balaban J connectivity index is 1.93. The molecule has 0 aliphatic heterocycles. The highest BCUT2D eigenvalue weighted by atomic mass is 16.4. The van der Waals surface area contributed by atoms with Gasteiger partial charge in [0.1, 0.15) is 11.3 Å². The molecule has 1 aliphatic rings. The van der Waals surface area contributed by atoms with E-state index in [1.807, 2.05) is 0 Å². The van der Waals surface area contributed by atoms with E-state index in [1.54, 1.807) is 0 Å². The maximum Gasteiger partial charge on any atom is 0.339 e. The fourth-order valence-electron chi connectivity index (χ4n) is 2.54. The Kier molecular flexibility index (Phi) is 4.67. The van der Waals surface area contributed by atoms with Crippen molar-refractivity contribution < 1.29 is 19.8 Å². The van der Waals surface area contributed by atoms with Gasteiger partial charge >= 0.3 is 12.0 Å². The lowest BCUT2D eigenvalue weighted by molar-refractivity contribution is 0.0693. The maximum absolute atomic E-state index is 11.9. The van der Waals surface area contributed by atoms with Gasteiger partial charge in [0.25, 0.3) is 0 Å². The summed E-state index contributed by atoms with van der Waals surface area (Å²) in [4.78, 5) is 22.8. The predicted octanol–water partition coefficient (Wildman–Crippen LogP) is 2.79. The first-order valence-corrected chi connectivity index (χ1v) is 7.09. The molecule has 1 aromatic carbocycles. The molecule has 0 heterocycles. The molecule has 2 amide bonds. The van der Waals surface area contributed by atoms with Crippen LogP contribution >= 0.6 is 0 Å². The summed E-state index contributed by atoms with van der Waals surface area (Å²) in [5.41, 5.74) is 0.103. The van der Waals surface area contributed by atoms with Crippen LogP contribution < -0.4 is 10.6 Å². The van der Waals surface area contributed by atoms with Gasteiger partial charge in [-0.05, 0) is 49.8 Å². The van der Waals surface area contributed by atoms with Gasteiger partial charge < -0.3 is 20.8 Å². The van der Waals surface area contributed by atoms with Crippen LogP contribution in [-0.4, -0.2) is 28.3 Å². The van der Waals surface area contributed by atoms with E-state index >= 15 is 0 Å². The largest absolute Gasteiger partial charge is 0.507 e. The predicted molar refractivity (Wildman–Crippen MR) is 78.6 cm³/mol. The molecular formula is C15H20N2O4. The Morgan fingerprint density at radius 2 is 1.86 bits per heavy atom. The van der Waals surface area contributed by atoms with E-state index in [9.17, 15) is 14.7 Å². The van der Waals surface area contributed by atoms with E-state index in [4.69, 9.17) is 5.11 Å². The molecule has 1 aliphatic carbocycles. The Bertz CT molecular complexity index is 536. The molecule has 0 aromatic heterocycles. The monoisotopic (exact) mass is 292 g/mol. The number of anilines is 1. The van der Waals surface area contributed by atoms with Crippen LogP contribution in [0.1, 0.15) is 43.0 Å². The molecule has 1 aromatic rings. The van der Waals surface area contributed by atoms with Crippen molar-refractivity contribution in [2.75, 3.05) is 5.32 Å². The highest BCUT2D eigenvalue weighted by molar-refractivity contribution is 5.95. The molecule has 6 nitrogen and oxygen atoms in total. The van der Waals surface area contributed by atoms with E-state index in [0.29, 0.717) is 11.6 Å². The Labute approximate surface area is 123 Å². The normalized spacial score (nSPS) is 21.6. The van der Waals surface area contributed by atoms with Crippen molar-refractivity contribution in [1.29, 1.82) is 0 Å². The molecule has 0 spiro atoms. The van der Waals surface area contributed by atoms with E-state index < -0.39 is 5.97 Å². The molecule has 1 fully saturated rings. The van der Waals surface area contributed by atoms with Gasteiger partial charge in [-0.1, -0.05) is 6.92 Å². The third-order valence-corrected chi connectivity index (χ3v) is 3.84. The maximum atomic E-state index is 11.9. The van der Waals surface area contributed by atoms with Crippen LogP contribution in [-0.2, 0) is 0 Å². The molecule has 6 heteroatoms. The third kappa shape index (κ3) is 4.11. The molecule has 0 atom stereocenters. The standard InChI is InChI=1S/C15H20N2O4/c1-9-2-4-10(5-3-9)16-15(21)17-11-6-7-13(18)12(8-11)14(19)20/h6-10,18H,2-5H2,1H3,(H,19,20)(H2,16,17,21). The van der Waals surface area contributed by atoms with Crippen LogP contribution in [0.4, 0.5) is 10.5 Å². The molecule has 1 saturated carbocycles. The first-order chi connectivity index (χ1) is 9.95. The van der Waals surface area contributed by atoms with Crippen molar-refractivity contribution in [2.24, 2.45) is 5.92 Å². The number of carboxylic acids is 1. The van der Waals surface area contributed by atoms with Crippen molar-refractivity contribution in [3.05, 3.63) is 23.8 Å². The van der Waals surface area contributed by atoms with Crippen LogP contribution in [0.25, 0.3) is 0 Å². The fraction of sp³-hybridized carbons (Fsp3) is 0.467. The number of amides is 2. The number of benzene rings is 1. The number of rotatable bonds is 3. The Morgan fingerprint density at radius 1 is 1.19 bits per heavy atom. The first-order valence-electron chi connectivity index (χ1n) is 7.09.